The van der Waals surface area contributed by atoms with Crippen molar-refractivity contribution in [3.63, 3.8) is 0 Å². The summed E-state index contributed by atoms with van der Waals surface area (Å²) in [6.07, 6.45) is 7.54. The number of ether oxygens (including phenoxy) is 1. The molecule has 1 saturated heterocycles. The van der Waals surface area contributed by atoms with E-state index in [1.165, 1.54) is 41.5 Å². The van der Waals surface area contributed by atoms with Gasteiger partial charge < -0.3 is 15.0 Å². The molecule has 0 spiro atoms. The third kappa shape index (κ3) is 4.58. The van der Waals surface area contributed by atoms with Crippen LogP contribution in [0.1, 0.15) is 52.9 Å². The number of nitrogens with zero attached hydrogens (tertiary/aromatic N) is 1. The van der Waals surface area contributed by atoms with Crippen molar-refractivity contribution in [2.75, 3.05) is 31.3 Å². The molecule has 26 heavy (non-hydrogen) atoms. The number of carbonyl (C=O) groups is 2. The van der Waals surface area contributed by atoms with Crippen LogP contribution >= 0.6 is 35.3 Å². The molecule has 2 aliphatic rings. The van der Waals surface area contributed by atoms with Crippen molar-refractivity contribution in [3.8, 4) is 0 Å². The molecule has 0 aromatic carbocycles. The molecule has 1 aromatic heterocycles. The van der Waals surface area contributed by atoms with Crippen LogP contribution < -0.4 is 5.32 Å². The van der Waals surface area contributed by atoms with Crippen molar-refractivity contribution in [3.05, 3.63) is 16.0 Å². The van der Waals surface area contributed by atoms with Crippen LogP contribution in [0.25, 0.3) is 0 Å². The van der Waals surface area contributed by atoms with Crippen molar-refractivity contribution in [1.29, 1.82) is 0 Å². The molecule has 0 atom stereocenters. The number of hydrogen-bond donors (Lipinski definition) is 1. The molecule has 1 aliphatic carbocycles. The third-order valence-electron chi connectivity index (χ3n) is 4.75. The monoisotopic (exact) mass is 412 g/mol. The molecule has 2 heterocycles. The Morgan fingerprint density at radius 1 is 1.19 bits per heavy atom. The van der Waals surface area contributed by atoms with Crippen molar-refractivity contribution in [2.24, 2.45) is 0 Å². The Morgan fingerprint density at radius 2 is 1.92 bits per heavy atom. The lowest BCUT2D eigenvalue weighted by molar-refractivity contribution is -0.113. The van der Waals surface area contributed by atoms with Gasteiger partial charge in [0.2, 0.25) is 5.91 Å². The second kappa shape index (κ2) is 9.19. The number of amides is 1. The van der Waals surface area contributed by atoms with Crippen molar-refractivity contribution < 1.29 is 14.3 Å². The Labute approximate surface area is 167 Å². The van der Waals surface area contributed by atoms with Gasteiger partial charge in [-0.2, -0.15) is 0 Å². The van der Waals surface area contributed by atoms with Crippen LogP contribution in [0.15, 0.2) is 0 Å². The molecule has 142 valence electrons. The first kappa shape index (κ1) is 19.6. The number of aryl methyl sites for hydroxylation is 1. The number of esters is 1. The van der Waals surface area contributed by atoms with E-state index in [1.807, 2.05) is 0 Å². The summed E-state index contributed by atoms with van der Waals surface area (Å²) in [5, 5.41) is 3.56. The number of thiophene rings is 1. The van der Waals surface area contributed by atoms with E-state index in [0.29, 0.717) is 10.6 Å². The maximum absolute atomic E-state index is 12.4. The smallest absolute Gasteiger partial charge is 0.341 e. The molecule has 0 saturated carbocycles. The highest BCUT2D eigenvalue weighted by Crippen LogP contribution is 2.38. The minimum Gasteiger partial charge on any atom is -0.465 e. The maximum Gasteiger partial charge on any atom is 0.341 e. The molecule has 1 amide bonds. The average Bonchev–Trinajstić information content (AvgIpc) is 3.22. The van der Waals surface area contributed by atoms with E-state index in [9.17, 15) is 9.59 Å². The number of anilines is 1. The zero-order chi connectivity index (χ0) is 18.5. The maximum atomic E-state index is 12.4. The summed E-state index contributed by atoms with van der Waals surface area (Å²) in [7, 11) is 1.39. The fourth-order valence-corrected chi connectivity index (χ4v) is 5.77. The first-order valence-corrected chi connectivity index (χ1v) is 11.3. The number of thioether (sulfide) groups is 1. The van der Waals surface area contributed by atoms with Crippen molar-refractivity contribution in [1.82, 2.24) is 4.90 Å². The normalized spacial score (nSPS) is 16.7. The highest BCUT2D eigenvalue weighted by atomic mass is 32.2. The predicted octanol–water partition coefficient (Wildman–Crippen LogP) is 3.86. The van der Waals surface area contributed by atoms with Gasteiger partial charge in [-0.1, -0.05) is 30.4 Å². The largest absolute Gasteiger partial charge is 0.465 e. The molecule has 1 fully saturated rings. The minimum atomic E-state index is -0.361. The van der Waals surface area contributed by atoms with E-state index >= 15 is 0 Å². The van der Waals surface area contributed by atoms with Gasteiger partial charge in [-0.25, -0.2) is 4.79 Å². The number of rotatable bonds is 4. The number of likely N-dealkylation sites (tertiary alicyclic amines) is 1. The summed E-state index contributed by atoms with van der Waals surface area (Å²) < 4.78 is 5.76. The van der Waals surface area contributed by atoms with Gasteiger partial charge in [0.25, 0.3) is 0 Å². The zero-order valence-corrected chi connectivity index (χ0v) is 17.4. The Bertz CT molecular complexity index is 696. The number of fused-ring (bicyclic) bond motifs is 1. The van der Waals surface area contributed by atoms with Crippen LogP contribution in [0.5, 0.6) is 0 Å². The summed E-state index contributed by atoms with van der Waals surface area (Å²) >= 11 is 8.32. The molecule has 0 bridgehead atoms. The molecule has 1 N–H and O–H groups in total. The second-order valence-corrected chi connectivity index (χ2v) is 9.27. The lowest BCUT2D eigenvalue weighted by atomic mass is 10.1. The van der Waals surface area contributed by atoms with Crippen LogP contribution in [0.4, 0.5) is 5.00 Å². The standard InChI is InChI=1S/C18H24N2O3S3/c1-23-17(22)15-12-7-3-2-4-8-13(12)26-16(15)19-14(21)11-25-18(24)20-9-5-6-10-20/h2-11H2,1H3,(H,19,21). The minimum absolute atomic E-state index is 0.127. The Morgan fingerprint density at radius 3 is 2.65 bits per heavy atom. The van der Waals surface area contributed by atoms with Crippen molar-refractivity contribution in [2.45, 2.75) is 44.9 Å². The van der Waals surface area contributed by atoms with E-state index in [0.717, 1.165) is 61.5 Å². The first-order chi connectivity index (χ1) is 12.6. The van der Waals surface area contributed by atoms with E-state index in [4.69, 9.17) is 17.0 Å². The Balaban J connectivity index is 1.67. The summed E-state index contributed by atoms with van der Waals surface area (Å²) in [4.78, 5) is 28.1. The fraction of sp³-hybridized carbons (Fsp3) is 0.611. The van der Waals surface area contributed by atoms with Gasteiger partial charge in [-0.3, -0.25) is 4.79 Å². The molecule has 5 nitrogen and oxygen atoms in total. The summed E-state index contributed by atoms with van der Waals surface area (Å²) in [6, 6.07) is 0. The van der Waals surface area contributed by atoms with Crippen LogP contribution in [0.2, 0.25) is 0 Å². The first-order valence-electron chi connectivity index (χ1n) is 9.04. The van der Waals surface area contributed by atoms with Gasteiger partial charge in [0.1, 0.15) is 9.32 Å². The second-order valence-electron chi connectivity index (χ2n) is 6.56. The molecule has 1 aliphatic heterocycles. The predicted molar refractivity (Wildman–Crippen MR) is 111 cm³/mol. The third-order valence-corrected chi connectivity index (χ3v) is 7.49. The fourth-order valence-electron chi connectivity index (χ4n) is 3.43. The van der Waals surface area contributed by atoms with Gasteiger partial charge in [0.05, 0.1) is 18.4 Å². The lowest BCUT2D eigenvalue weighted by Gasteiger charge is -2.17. The van der Waals surface area contributed by atoms with Crippen LogP contribution in [0.3, 0.4) is 0 Å². The van der Waals surface area contributed by atoms with Gasteiger partial charge >= 0.3 is 5.97 Å². The van der Waals surface area contributed by atoms with Crippen LogP contribution in [0, 0.1) is 0 Å². The van der Waals surface area contributed by atoms with Gasteiger partial charge in [0.15, 0.2) is 0 Å². The van der Waals surface area contributed by atoms with Crippen LogP contribution in [-0.4, -0.2) is 47.0 Å². The quantitative estimate of drug-likeness (QED) is 0.460. The lowest BCUT2D eigenvalue weighted by Crippen LogP contribution is -2.25. The summed E-state index contributed by atoms with van der Waals surface area (Å²) in [5.41, 5.74) is 1.62. The number of carbonyl (C=O) groups excluding carboxylic acids is 2. The molecule has 1 aromatic rings. The Kier molecular flexibility index (Phi) is 6.94. The molecule has 0 radical (unpaired) electrons. The highest BCUT2D eigenvalue weighted by Gasteiger charge is 2.26. The number of thiocarbonyl (C=S) groups is 1. The van der Waals surface area contributed by atoms with Gasteiger partial charge in [-0.05, 0) is 44.1 Å². The Hall–Kier alpha value is -1.12. The van der Waals surface area contributed by atoms with E-state index in [1.54, 1.807) is 0 Å². The zero-order valence-electron chi connectivity index (χ0n) is 15.0. The molecular formula is C18H24N2O3S3. The number of hydrogen-bond acceptors (Lipinski definition) is 6. The number of nitrogens with one attached hydrogen (secondary N) is 1. The van der Waals surface area contributed by atoms with E-state index < -0.39 is 0 Å². The van der Waals surface area contributed by atoms with Gasteiger partial charge in [0, 0.05) is 18.0 Å². The average molecular weight is 413 g/mol. The molecule has 0 unspecified atom stereocenters. The SMILES string of the molecule is COC(=O)c1c(NC(=O)CSC(=S)N2CCCC2)sc2c1CCCCC2. The van der Waals surface area contributed by atoms with Gasteiger partial charge in [-0.15, -0.1) is 11.3 Å². The molecule has 8 heteroatoms. The highest BCUT2D eigenvalue weighted by molar-refractivity contribution is 8.23. The van der Waals surface area contributed by atoms with Crippen molar-refractivity contribution >= 4 is 56.5 Å². The summed E-state index contributed by atoms with van der Waals surface area (Å²) in [5.74, 6) is -0.226. The van der Waals surface area contributed by atoms with E-state index in [-0.39, 0.29) is 17.6 Å². The molecule has 3 rings (SSSR count). The summed E-state index contributed by atoms with van der Waals surface area (Å²) in [6.45, 7) is 1.97. The number of methoxy groups -OCH3 is 1. The topological polar surface area (TPSA) is 58.6 Å². The van der Waals surface area contributed by atoms with Crippen LogP contribution in [-0.2, 0) is 22.4 Å². The molecular weight excluding hydrogens is 388 g/mol. The van der Waals surface area contributed by atoms with E-state index in [2.05, 4.69) is 10.2 Å².